The predicted octanol–water partition coefficient (Wildman–Crippen LogP) is 3.26. The highest BCUT2D eigenvalue weighted by atomic mass is 16.2. The molecule has 3 aromatic rings. The van der Waals surface area contributed by atoms with Gasteiger partial charge in [0.05, 0.1) is 11.6 Å². The summed E-state index contributed by atoms with van der Waals surface area (Å²) in [5.74, 6) is 0.228. The van der Waals surface area contributed by atoms with Crippen LogP contribution in [0.2, 0.25) is 0 Å². The molecule has 32 heavy (non-hydrogen) atoms. The van der Waals surface area contributed by atoms with Crippen LogP contribution in [0.1, 0.15) is 44.0 Å². The highest BCUT2D eigenvalue weighted by Crippen LogP contribution is 2.27. The molecule has 0 radical (unpaired) electrons. The Hall–Kier alpha value is -3.55. The summed E-state index contributed by atoms with van der Waals surface area (Å²) in [7, 11) is 0. The second kappa shape index (κ2) is 8.53. The number of amides is 2. The number of aromatic nitrogens is 4. The average molecular weight is 433 g/mol. The van der Waals surface area contributed by atoms with Gasteiger partial charge in [-0.1, -0.05) is 50.6 Å². The summed E-state index contributed by atoms with van der Waals surface area (Å²) < 4.78 is 1.54. The van der Waals surface area contributed by atoms with E-state index in [1.165, 1.54) is 5.56 Å². The number of carbonyl (C=O) groups is 2. The van der Waals surface area contributed by atoms with Crippen molar-refractivity contribution in [3.05, 3.63) is 65.6 Å². The molecule has 4 rings (SSSR count). The van der Waals surface area contributed by atoms with Gasteiger partial charge in [0, 0.05) is 43.4 Å². The van der Waals surface area contributed by atoms with Crippen molar-refractivity contribution in [2.45, 2.75) is 46.1 Å². The Morgan fingerprint density at radius 2 is 1.84 bits per heavy atom. The van der Waals surface area contributed by atoms with Crippen molar-refractivity contribution in [2.75, 3.05) is 11.9 Å². The quantitative estimate of drug-likeness (QED) is 0.668. The van der Waals surface area contributed by atoms with Gasteiger partial charge in [-0.3, -0.25) is 9.59 Å². The lowest BCUT2D eigenvalue weighted by Gasteiger charge is -2.17. The Bertz CT molecular complexity index is 1120. The number of rotatable bonds is 5. The van der Waals surface area contributed by atoms with Gasteiger partial charge in [-0.05, 0) is 18.6 Å². The minimum absolute atomic E-state index is 0.0130. The summed E-state index contributed by atoms with van der Waals surface area (Å²) in [5.41, 5.74) is 2.82. The van der Waals surface area contributed by atoms with Crippen LogP contribution < -0.4 is 5.32 Å². The van der Waals surface area contributed by atoms with Gasteiger partial charge in [-0.2, -0.15) is 9.78 Å². The number of hydrogen-bond donors (Lipinski definition) is 1. The molecule has 2 aromatic heterocycles. The lowest BCUT2D eigenvalue weighted by Crippen LogP contribution is -2.28. The molecule has 166 valence electrons. The molecule has 8 nitrogen and oxygen atoms in total. The SMILES string of the molecule is Cc1ccc(CN2CC(C(=O)Nc3cc(C(C)(C)C)nn3-c3ncccn3)CC2=O)cc1. The third-order valence-electron chi connectivity index (χ3n) is 5.55. The number of nitrogens with zero attached hydrogens (tertiary/aromatic N) is 5. The normalized spacial score (nSPS) is 16.4. The van der Waals surface area contributed by atoms with Gasteiger partial charge in [0.15, 0.2) is 0 Å². The second-order valence-corrected chi connectivity index (χ2v) is 9.28. The van der Waals surface area contributed by atoms with E-state index in [0.29, 0.717) is 24.9 Å². The van der Waals surface area contributed by atoms with Crippen LogP contribution in [0.5, 0.6) is 0 Å². The zero-order valence-electron chi connectivity index (χ0n) is 18.9. The molecule has 0 saturated carbocycles. The van der Waals surface area contributed by atoms with Gasteiger partial charge < -0.3 is 10.2 Å². The topological polar surface area (TPSA) is 93.0 Å². The summed E-state index contributed by atoms with van der Waals surface area (Å²) in [6.07, 6.45) is 3.45. The molecule has 1 aliphatic heterocycles. The second-order valence-electron chi connectivity index (χ2n) is 9.28. The Morgan fingerprint density at radius 3 is 2.50 bits per heavy atom. The lowest BCUT2D eigenvalue weighted by molar-refractivity contribution is -0.128. The van der Waals surface area contributed by atoms with Crippen LogP contribution in [0.4, 0.5) is 5.82 Å². The highest BCUT2D eigenvalue weighted by Gasteiger charge is 2.35. The molecule has 0 aliphatic carbocycles. The monoisotopic (exact) mass is 432 g/mol. The van der Waals surface area contributed by atoms with Gasteiger partial charge in [-0.25, -0.2) is 9.97 Å². The molecule has 8 heteroatoms. The predicted molar refractivity (Wildman–Crippen MR) is 121 cm³/mol. The number of hydrogen-bond acceptors (Lipinski definition) is 5. The number of likely N-dealkylation sites (tertiary alicyclic amines) is 1. The maximum absolute atomic E-state index is 13.1. The van der Waals surface area contributed by atoms with E-state index in [9.17, 15) is 9.59 Å². The standard InChI is InChI=1S/C24H28N6O2/c1-16-6-8-17(9-7-16)14-29-15-18(12-21(29)31)22(32)27-20-13-19(24(2,3)4)28-30(20)23-25-10-5-11-26-23/h5-11,13,18H,12,14-15H2,1-4H3,(H,27,32). The van der Waals surface area contributed by atoms with E-state index in [0.717, 1.165) is 11.3 Å². The van der Waals surface area contributed by atoms with Crippen LogP contribution in [0, 0.1) is 12.8 Å². The van der Waals surface area contributed by atoms with Crippen molar-refractivity contribution >= 4 is 17.6 Å². The first-order valence-electron chi connectivity index (χ1n) is 10.7. The fraction of sp³-hybridized carbons (Fsp3) is 0.375. The average Bonchev–Trinajstić information content (AvgIpc) is 3.34. The van der Waals surface area contributed by atoms with E-state index in [1.807, 2.05) is 37.3 Å². The lowest BCUT2D eigenvalue weighted by atomic mass is 9.92. The first-order chi connectivity index (χ1) is 15.2. The Balaban J connectivity index is 1.51. The van der Waals surface area contributed by atoms with Crippen LogP contribution in [-0.4, -0.2) is 43.0 Å². The number of benzene rings is 1. The number of carbonyl (C=O) groups excluding carboxylic acids is 2. The molecule has 1 atom stereocenters. The molecule has 1 saturated heterocycles. The van der Waals surface area contributed by atoms with E-state index in [1.54, 1.807) is 28.0 Å². The third kappa shape index (κ3) is 4.69. The summed E-state index contributed by atoms with van der Waals surface area (Å²) >= 11 is 0. The van der Waals surface area contributed by atoms with Crippen LogP contribution in [-0.2, 0) is 21.5 Å². The zero-order valence-corrected chi connectivity index (χ0v) is 18.9. The minimum Gasteiger partial charge on any atom is -0.338 e. The van der Waals surface area contributed by atoms with Crippen molar-refractivity contribution in [1.82, 2.24) is 24.6 Å². The van der Waals surface area contributed by atoms with E-state index in [4.69, 9.17) is 0 Å². The summed E-state index contributed by atoms with van der Waals surface area (Å²) in [6, 6.07) is 11.7. The molecule has 0 spiro atoms. The van der Waals surface area contributed by atoms with Crippen molar-refractivity contribution < 1.29 is 9.59 Å². The molecule has 1 aliphatic rings. The molecular weight excluding hydrogens is 404 g/mol. The molecule has 0 bridgehead atoms. The molecule has 2 amide bonds. The van der Waals surface area contributed by atoms with Gasteiger partial charge in [-0.15, -0.1) is 0 Å². The van der Waals surface area contributed by atoms with Crippen LogP contribution in [0.15, 0.2) is 48.8 Å². The van der Waals surface area contributed by atoms with Crippen molar-refractivity contribution in [2.24, 2.45) is 5.92 Å². The first-order valence-corrected chi connectivity index (χ1v) is 10.7. The summed E-state index contributed by atoms with van der Waals surface area (Å²) in [4.78, 5) is 35.9. The van der Waals surface area contributed by atoms with Crippen molar-refractivity contribution in [3.8, 4) is 5.95 Å². The van der Waals surface area contributed by atoms with Crippen molar-refractivity contribution in [3.63, 3.8) is 0 Å². The summed E-state index contributed by atoms with van der Waals surface area (Å²) in [6.45, 7) is 9.08. The summed E-state index contributed by atoms with van der Waals surface area (Å²) in [5, 5.41) is 7.58. The van der Waals surface area contributed by atoms with E-state index in [2.05, 4.69) is 41.2 Å². The van der Waals surface area contributed by atoms with Gasteiger partial charge >= 0.3 is 0 Å². The molecule has 1 unspecified atom stereocenters. The Kier molecular flexibility index (Phi) is 5.78. The molecule has 1 aromatic carbocycles. The van der Waals surface area contributed by atoms with Crippen LogP contribution >= 0.6 is 0 Å². The Labute approximate surface area is 187 Å². The number of aryl methyl sites for hydroxylation is 1. The van der Waals surface area contributed by atoms with Gasteiger partial charge in [0.1, 0.15) is 5.82 Å². The van der Waals surface area contributed by atoms with Gasteiger partial charge in [0.25, 0.3) is 5.95 Å². The van der Waals surface area contributed by atoms with E-state index in [-0.39, 0.29) is 23.7 Å². The maximum Gasteiger partial charge on any atom is 0.252 e. The van der Waals surface area contributed by atoms with Crippen LogP contribution in [0.3, 0.4) is 0 Å². The zero-order chi connectivity index (χ0) is 22.9. The highest BCUT2D eigenvalue weighted by molar-refractivity contribution is 5.96. The Morgan fingerprint density at radius 1 is 1.16 bits per heavy atom. The van der Waals surface area contributed by atoms with Gasteiger partial charge in [0.2, 0.25) is 11.8 Å². The fourth-order valence-corrected chi connectivity index (χ4v) is 3.63. The molecule has 1 fully saturated rings. The minimum atomic E-state index is -0.425. The molecular formula is C24H28N6O2. The fourth-order valence-electron chi connectivity index (χ4n) is 3.63. The number of anilines is 1. The van der Waals surface area contributed by atoms with Crippen LogP contribution in [0.25, 0.3) is 5.95 Å². The number of nitrogens with one attached hydrogen (secondary N) is 1. The first kappa shape index (κ1) is 21.7. The molecule has 3 heterocycles. The smallest absolute Gasteiger partial charge is 0.252 e. The third-order valence-corrected chi connectivity index (χ3v) is 5.55. The van der Waals surface area contributed by atoms with E-state index >= 15 is 0 Å². The maximum atomic E-state index is 13.1. The largest absolute Gasteiger partial charge is 0.338 e. The molecule has 1 N–H and O–H groups in total. The van der Waals surface area contributed by atoms with E-state index < -0.39 is 5.92 Å². The van der Waals surface area contributed by atoms with Crippen molar-refractivity contribution in [1.29, 1.82) is 0 Å².